The van der Waals surface area contributed by atoms with Crippen molar-refractivity contribution in [2.45, 2.75) is 51.6 Å². The Bertz CT molecular complexity index is 337. The van der Waals surface area contributed by atoms with Crippen LogP contribution in [0.3, 0.4) is 0 Å². The van der Waals surface area contributed by atoms with E-state index in [0.29, 0.717) is 5.15 Å². The van der Waals surface area contributed by atoms with Crippen LogP contribution in [-0.4, -0.2) is 27.7 Å². The van der Waals surface area contributed by atoms with Crippen LogP contribution < -0.4 is 0 Å². The van der Waals surface area contributed by atoms with Gasteiger partial charge in [-0.05, 0) is 37.9 Å². The van der Waals surface area contributed by atoms with Gasteiger partial charge in [-0.2, -0.15) is 5.10 Å². The Hall–Kier alpha value is -0.670. The van der Waals surface area contributed by atoms with E-state index >= 15 is 0 Å². The molecular weight excluding hydrogens is 234 g/mol. The van der Waals surface area contributed by atoms with Gasteiger partial charge in [-0.3, -0.25) is 4.90 Å². The molecule has 0 aliphatic carbocycles. The SMILES string of the molecule is CCCC1CCCCN1Cc1ccc(Cl)nn1. The van der Waals surface area contributed by atoms with Gasteiger partial charge in [-0.25, -0.2) is 0 Å². The summed E-state index contributed by atoms with van der Waals surface area (Å²) in [4.78, 5) is 2.55. The fourth-order valence-electron chi connectivity index (χ4n) is 2.56. The molecule has 0 N–H and O–H groups in total. The molecule has 1 fully saturated rings. The fourth-order valence-corrected chi connectivity index (χ4v) is 2.67. The molecule has 0 aromatic carbocycles. The lowest BCUT2D eigenvalue weighted by Crippen LogP contribution is -2.39. The van der Waals surface area contributed by atoms with E-state index in [-0.39, 0.29) is 0 Å². The molecule has 0 saturated carbocycles. The van der Waals surface area contributed by atoms with E-state index in [1.165, 1.54) is 38.6 Å². The molecule has 1 aromatic heterocycles. The van der Waals surface area contributed by atoms with E-state index in [0.717, 1.165) is 18.3 Å². The highest BCUT2D eigenvalue weighted by Crippen LogP contribution is 2.22. The predicted molar refractivity (Wildman–Crippen MR) is 70.0 cm³/mol. The summed E-state index contributed by atoms with van der Waals surface area (Å²) in [6.07, 6.45) is 6.55. The van der Waals surface area contributed by atoms with Gasteiger partial charge in [0, 0.05) is 12.6 Å². The van der Waals surface area contributed by atoms with Crippen molar-refractivity contribution in [2.24, 2.45) is 0 Å². The Balaban J connectivity index is 1.97. The summed E-state index contributed by atoms with van der Waals surface area (Å²) in [6.45, 7) is 4.36. The van der Waals surface area contributed by atoms with Crippen LogP contribution in [0.2, 0.25) is 5.15 Å². The second-order valence-corrected chi connectivity index (χ2v) is 5.14. The highest BCUT2D eigenvalue weighted by molar-refractivity contribution is 6.29. The number of hydrogen-bond acceptors (Lipinski definition) is 3. The van der Waals surface area contributed by atoms with Crippen LogP contribution in [0.25, 0.3) is 0 Å². The lowest BCUT2D eigenvalue weighted by molar-refractivity contribution is 0.129. The minimum Gasteiger partial charge on any atom is -0.294 e. The van der Waals surface area contributed by atoms with Crippen LogP contribution in [-0.2, 0) is 6.54 Å². The van der Waals surface area contributed by atoms with Gasteiger partial charge in [-0.15, -0.1) is 5.10 Å². The minimum atomic E-state index is 0.470. The molecule has 2 rings (SSSR count). The van der Waals surface area contributed by atoms with Crippen molar-refractivity contribution < 1.29 is 0 Å². The van der Waals surface area contributed by atoms with Gasteiger partial charge in [0.1, 0.15) is 0 Å². The quantitative estimate of drug-likeness (QED) is 0.825. The zero-order chi connectivity index (χ0) is 12.1. The molecule has 1 aliphatic heterocycles. The molecular formula is C13H20ClN3. The van der Waals surface area contributed by atoms with E-state index in [2.05, 4.69) is 22.0 Å². The lowest BCUT2D eigenvalue weighted by atomic mass is 9.98. The van der Waals surface area contributed by atoms with Crippen molar-refractivity contribution in [1.82, 2.24) is 15.1 Å². The number of piperidine rings is 1. The Morgan fingerprint density at radius 3 is 2.94 bits per heavy atom. The maximum atomic E-state index is 5.75. The molecule has 1 aliphatic rings. The third-order valence-electron chi connectivity index (χ3n) is 3.42. The standard InChI is InChI=1S/C13H20ClN3/c1-2-5-12-6-3-4-9-17(12)10-11-7-8-13(14)16-15-11/h7-8,12H,2-6,9-10H2,1H3. The first-order valence-electron chi connectivity index (χ1n) is 6.51. The molecule has 94 valence electrons. The van der Waals surface area contributed by atoms with Crippen molar-refractivity contribution >= 4 is 11.6 Å². The van der Waals surface area contributed by atoms with Crippen LogP contribution in [0.1, 0.15) is 44.7 Å². The molecule has 1 unspecified atom stereocenters. The third-order valence-corrected chi connectivity index (χ3v) is 3.62. The average Bonchev–Trinajstić information content (AvgIpc) is 2.35. The van der Waals surface area contributed by atoms with Gasteiger partial charge in [0.25, 0.3) is 0 Å². The number of hydrogen-bond donors (Lipinski definition) is 0. The number of rotatable bonds is 4. The molecule has 0 radical (unpaired) electrons. The van der Waals surface area contributed by atoms with Gasteiger partial charge >= 0.3 is 0 Å². The van der Waals surface area contributed by atoms with Crippen LogP contribution in [0.5, 0.6) is 0 Å². The Morgan fingerprint density at radius 1 is 1.35 bits per heavy atom. The molecule has 3 nitrogen and oxygen atoms in total. The minimum absolute atomic E-state index is 0.470. The van der Waals surface area contributed by atoms with E-state index < -0.39 is 0 Å². The predicted octanol–water partition coefficient (Wildman–Crippen LogP) is 3.28. The van der Waals surface area contributed by atoms with Crippen molar-refractivity contribution in [2.75, 3.05) is 6.54 Å². The van der Waals surface area contributed by atoms with Gasteiger partial charge in [0.15, 0.2) is 5.15 Å². The molecule has 2 heterocycles. The smallest absolute Gasteiger partial charge is 0.151 e. The summed E-state index contributed by atoms with van der Waals surface area (Å²) in [5.74, 6) is 0. The Kier molecular flexibility index (Phi) is 4.75. The Labute approximate surface area is 108 Å². The maximum Gasteiger partial charge on any atom is 0.151 e. The molecule has 17 heavy (non-hydrogen) atoms. The first-order chi connectivity index (χ1) is 8.29. The Morgan fingerprint density at radius 2 is 2.24 bits per heavy atom. The topological polar surface area (TPSA) is 29.0 Å². The first-order valence-corrected chi connectivity index (χ1v) is 6.89. The lowest BCUT2D eigenvalue weighted by Gasteiger charge is -2.35. The van der Waals surface area contributed by atoms with Gasteiger partial charge in [0.2, 0.25) is 0 Å². The second kappa shape index (κ2) is 6.31. The largest absolute Gasteiger partial charge is 0.294 e. The van der Waals surface area contributed by atoms with Crippen LogP contribution in [0.15, 0.2) is 12.1 Å². The van der Waals surface area contributed by atoms with Crippen molar-refractivity contribution in [1.29, 1.82) is 0 Å². The monoisotopic (exact) mass is 253 g/mol. The summed E-state index contributed by atoms with van der Waals surface area (Å²) >= 11 is 5.75. The normalized spacial score (nSPS) is 21.6. The zero-order valence-corrected chi connectivity index (χ0v) is 11.2. The van der Waals surface area contributed by atoms with Crippen molar-refractivity contribution in [3.05, 3.63) is 23.0 Å². The highest BCUT2D eigenvalue weighted by atomic mass is 35.5. The molecule has 0 bridgehead atoms. The van der Waals surface area contributed by atoms with Gasteiger partial charge in [-0.1, -0.05) is 31.4 Å². The number of halogens is 1. The average molecular weight is 254 g/mol. The van der Waals surface area contributed by atoms with E-state index in [1.54, 1.807) is 0 Å². The van der Waals surface area contributed by atoms with E-state index in [4.69, 9.17) is 11.6 Å². The molecule has 0 amide bonds. The van der Waals surface area contributed by atoms with Gasteiger partial charge < -0.3 is 0 Å². The van der Waals surface area contributed by atoms with Gasteiger partial charge in [0.05, 0.1) is 5.69 Å². The number of aromatic nitrogens is 2. The van der Waals surface area contributed by atoms with Crippen LogP contribution in [0, 0.1) is 0 Å². The molecule has 1 atom stereocenters. The molecule has 0 spiro atoms. The number of nitrogens with zero attached hydrogens (tertiary/aromatic N) is 3. The molecule has 4 heteroatoms. The molecule has 1 saturated heterocycles. The summed E-state index contributed by atoms with van der Waals surface area (Å²) in [5, 5.41) is 8.52. The molecule has 1 aromatic rings. The summed E-state index contributed by atoms with van der Waals surface area (Å²) in [5.41, 5.74) is 1.03. The van der Waals surface area contributed by atoms with Crippen molar-refractivity contribution in [3.8, 4) is 0 Å². The summed E-state index contributed by atoms with van der Waals surface area (Å²) in [6, 6.07) is 4.53. The van der Waals surface area contributed by atoms with E-state index in [1.807, 2.05) is 12.1 Å². The first kappa shape index (κ1) is 12.8. The van der Waals surface area contributed by atoms with Crippen LogP contribution in [0.4, 0.5) is 0 Å². The maximum absolute atomic E-state index is 5.75. The van der Waals surface area contributed by atoms with Crippen molar-refractivity contribution in [3.63, 3.8) is 0 Å². The fraction of sp³-hybridized carbons (Fsp3) is 0.692. The summed E-state index contributed by atoms with van der Waals surface area (Å²) < 4.78 is 0. The number of likely N-dealkylation sites (tertiary alicyclic amines) is 1. The highest BCUT2D eigenvalue weighted by Gasteiger charge is 2.21. The van der Waals surface area contributed by atoms with Crippen LogP contribution >= 0.6 is 11.6 Å². The summed E-state index contributed by atoms with van der Waals surface area (Å²) in [7, 11) is 0. The third kappa shape index (κ3) is 3.65. The van der Waals surface area contributed by atoms with E-state index in [9.17, 15) is 0 Å². The second-order valence-electron chi connectivity index (χ2n) is 4.76. The zero-order valence-electron chi connectivity index (χ0n) is 10.4.